The van der Waals surface area contributed by atoms with Crippen LogP contribution in [0.5, 0.6) is 5.88 Å². The maximum atomic E-state index is 13.3. The van der Waals surface area contributed by atoms with Crippen LogP contribution >= 0.6 is 0 Å². The van der Waals surface area contributed by atoms with Gasteiger partial charge in [0, 0.05) is 30.7 Å². The van der Waals surface area contributed by atoms with Crippen LogP contribution in [0.2, 0.25) is 0 Å². The molecule has 0 fully saturated rings. The molecule has 2 aromatic carbocycles. The van der Waals surface area contributed by atoms with E-state index >= 15 is 0 Å². The number of nitrogens with zero attached hydrogens (tertiary/aromatic N) is 3. The van der Waals surface area contributed by atoms with E-state index in [9.17, 15) is 4.79 Å². The molecule has 1 atom stereocenters. The topological polar surface area (TPSA) is 68.0 Å². The molecule has 4 aromatic rings. The van der Waals surface area contributed by atoms with Crippen molar-refractivity contribution in [2.45, 2.75) is 18.9 Å². The molecule has 158 valence electrons. The van der Waals surface area contributed by atoms with Crippen molar-refractivity contribution in [2.24, 2.45) is 0 Å². The quantitative estimate of drug-likeness (QED) is 0.479. The molecular formula is C26H23N4O2+. The van der Waals surface area contributed by atoms with Crippen molar-refractivity contribution in [3.8, 4) is 17.1 Å². The van der Waals surface area contributed by atoms with E-state index in [0.717, 1.165) is 33.9 Å². The lowest BCUT2D eigenvalue weighted by Crippen LogP contribution is -2.44. The van der Waals surface area contributed by atoms with Crippen LogP contribution in [-0.4, -0.2) is 29.0 Å². The van der Waals surface area contributed by atoms with E-state index in [0.29, 0.717) is 18.7 Å². The molecule has 6 heteroatoms. The number of nitrogens with one attached hydrogen (secondary N) is 1. The maximum Gasteiger partial charge on any atom is 0.359 e. The predicted octanol–water partition coefficient (Wildman–Crippen LogP) is 3.71. The summed E-state index contributed by atoms with van der Waals surface area (Å²) < 4.78 is 6.85. The third-order valence-electron chi connectivity index (χ3n) is 5.60. The molecule has 1 aliphatic heterocycles. The first kappa shape index (κ1) is 19.9. The molecule has 0 radical (unpaired) electrons. The summed E-state index contributed by atoms with van der Waals surface area (Å²) in [4.78, 5) is 22.5. The highest BCUT2D eigenvalue weighted by Gasteiger charge is 2.41. The Morgan fingerprint density at radius 2 is 1.72 bits per heavy atom. The third kappa shape index (κ3) is 3.95. The highest BCUT2D eigenvalue weighted by molar-refractivity contribution is 5.82. The molecule has 2 aromatic heterocycles. The van der Waals surface area contributed by atoms with Crippen molar-refractivity contribution < 1.29 is 14.1 Å². The van der Waals surface area contributed by atoms with Crippen LogP contribution in [0, 0.1) is 0 Å². The van der Waals surface area contributed by atoms with Gasteiger partial charge in [-0.15, -0.1) is 0 Å². The number of hydrogen-bond acceptors (Lipinski definition) is 5. The van der Waals surface area contributed by atoms with Crippen molar-refractivity contribution >= 4 is 11.7 Å². The molecule has 1 N–H and O–H groups in total. The van der Waals surface area contributed by atoms with Crippen LogP contribution in [0.25, 0.3) is 11.3 Å². The Balaban J connectivity index is 1.51. The summed E-state index contributed by atoms with van der Waals surface area (Å²) in [6.45, 7) is 0. The number of hydrogen-bond donors (Lipinski definition) is 1. The largest absolute Gasteiger partial charge is 0.481 e. The van der Waals surface area contributed by atoms with E-state index in [2.05, 4.69) is 22.4 Å². The van der Waals surface area contributed by atoms with Crippen molar-refractivity contribution in [1.29, 1.82) is 0 Å². The van der Waals surface area contributed by atoms with Gasteiger partial charge in [-0.25, -0.2) is 14.8 Å². The van der Waals surface area contributed by atoms with Crippen LogP contribution in [-0.2, 0) is 12.8 Å². The van der Waals surface area contributed by atoms with Gasteiger partial charge >= 0.3 is 11.7 Å². The number of methoxy groups -OCH3 is 1. The molecule has 0 spiro atoms. The van der Waals surface area contributed by atoms with E-state index in [1.54, 1.807) is 17.9 Å². The Hall–Kier alpha value is -4.06. The van der Waals surface area contributed by atoms with Crippen LogP contribution in [0.3, 0.4) is 0 Å². The lowest BCUT2D eigenvalue weighted by atomic mass is 10.1. The Bertz CT molecular complexity index is 1240. The summed E-state index contributed by atoms with van der Waals surface area (Å²) in [6, 6.07) is 23.5. The minimum Gasteiger partial charge on any atom is -0.481 e. The van der Waals surface area contributed by atoms with Gasteiger partial charge in [-0.1, -0.05) is 66.7 Å². The standard InChI is InChI=1S/C26H22N4O2/c1-32-24-13-12-19(16-27-24)15-22-26(31)30-17-23(20-10-6-3-7-11-20)28-21(25(30)29-22)14-18-8-4-2-5-9-18/h2-13,16-17,22H,14-15H2,1H3/p+1. The number of carbonyl (C=O) groups excluding carboxylic acids is 1. The number of benzene rings is 2. The Kier molecular flexibility index (Phi) is 5.34. The summed E-state index contributed by atoms with van der Waals surface area (Å²) in [5.41, 5.74) is 4.71. The molecule has 0 bridgehead atoms. The van der Waals surface area contributed by atoms with E-state index in [4.69, 9.17) is 9.72 Å². The minimum atomic E-state index is -0.382. The SMILES string of the molecule is COc1ccc(CC2Nc3c(Cc4ccccc4)nc(-c4ccccc4)c[n+]3C2=O)cn1. The summed E-state index contributed by atoms with van der Waals surface area (Å²) in [5, 5.41) is 3.42. The summed E-state index contributed by atoms with van der Waals surface area (Å²) in [7, 11) is 1.59. The Labute approximate surface area is 186 Å². The van der Waals surface area contributed by atoms with Gasteiger partial charge in [0.2, 0.25) is 5.88 Å². The molecule has 1 aliphatic rings. The first-order chi connectivity index (χ1) is 15.7. The summed E-state index contributed by atoms with van der Waals surface area (Å²) in [6.07, 6.45) is 4.75. The minimum absolute atomic E-state index is 0.00436. The van der Waals surface area contributed by atoms with Crippen molar-refractivity contribution in [3.63, 3.8) is 0 Å². The fourth-order valence-corrected chi connectivity index (χ4v) is 3.96. The third-order valence-corrected chi connectivity index (χ3v) is 5.60. The van der Waals surface area contributed by atoms with Gasteiger partial charge in [-0.3, -0.25) is 5.32 Å². The first-order valence-corrected chi connectivity index (χ1v) is 10.6. The Morgan fingerprint density at radius 1 is 0.969 bits per heavy atom. The summed E-state index contributed by atoms with van der Waals surface area (Å²) >= 11 is 0. The lowest BCUT2D eigenvalue weighted by molar-refractivity contribution is -0.552. The van der Waals surface area contributed by atoms with Crippen LogP contribution < -0.4 is 14.6 Å². The van der Waals surface area contributed by atoms with Crippen molar-refractivity contribution in [2.75, 3.05) is 12.4 Å². The fraction of sp³-hybridized carbons (Fsp3) is 0.154. The van der Waals surface area contributed by atoms with E-state index < -0.39 is 0 Å². The number of rotatable bonds is 6. The average molecular weight is 423 g/mol. The summed E-state index contributed by atoms with van der Waals surface area (Å²) in [5.74, 6) is 1.31. The zero-order chi connectivity index (χ0) is 21.9. The maximum absolute atomic E-state index is 13.3. The van der Waals surface area contributed by atoms with E-state index in [1.165, 1.54) is 0 Å². The molecule has 0 amide bonds. The average Bonchev–Trinajstić information content (AvgIpc) is 3.16. The number of anilines is 1. The Morgan fingerprint density at radius 3 is 2.41 bits per heavy atom. The van der Waals surface area contributed by atoms with Crippen LogP contribution in [0.15, 0.2) is 85.2 Å². The smallest absolute Gasteiger partial charge is 0.359 e. The second-order valence-electron chi connectivity index (χ2n) is 7.77. The first-order valence-electron chi connectivity index (χ1n) is 10.6. The monoisotopic (exact) mass is 423 g/mol. The van der Waals surface area contributed by atoms with Crippen molar-refractivity contribution in [3.05, 3.63) is 102 Å². The molecule has 0 aliphatic carbocycles. The van der Waals surface area contributed by atoms with Crippen LogP contribution in [0.1, 0.15) is 21.6 Å². The highest BCUT2D eigenvalue weighted by atomic mass is 16.5. The number of carbonyl (C=O) groups is 1. The fourth-order valence-electron chi connectivity index (χ4n) is 3.96. The van der Waals surface area contributed by atoms with Gasteiger partial charge in [-0.05, 0) is 11.1 Å². The van der Waals surface area contributed by atoms with Gasteiger partial charge in [0.1, 0.15) is 17.6 Å². The van der Waals surface area contributed by atoms with E-state index in [1.807, 2.05) is 66.9 Å². The lowest BCUT2D eigenvalue weighted by Gasteiger charge is -2.07. The number of fused-ring (bicyclic) bond motifs is 1. The van der Waals surface area contributed by atoms with Gasteiger partial charge in [0.05, 0.1) is 7.11 Å². The molecule has 1 unspecified atom stereocenters. The molecule has 32 heavy (non-hydrogen) atoms. The normalized spacial score (nSPS) is 14.7. The highest BCUT2D eigenvalue weighted by Crippen LogP contribution is 2.25. The predicted molar refractivity (Wildman–Crippen MR) is 122 cm³/mol. The molecule has 0 saturated carbocycles. The number of ether oxygens (including phenoxy) is 1. The zero-order valence-corrected chi connectivity index (χ0v) is 17.7. The molecule has 3 heterocycles. The zero-order valence-electron chi connectivity index (χ0n) is 17.7. The number of aromatic nitrogens is 3. The van der Waals surface area contributed by atoms with Gasteiger partial charge in [-0.2, -0.15) is 4.57 Å². The number of pyridine rings is 1. The second kappa shape index (κ2) is 8.59. The van der Waals surface area contributed by atoms with Crippen molar-refractivity contribution in [1.82, 2.24) is 9.97 Å². The van der Waals surface area contributed by atoms with Gasteiger partial charge < -0.3 is 4.74 Å². The molecular weight excluding hydrogens is 400 g/mol. The molecule has 6 nitrogen and oxygen atoms in total. The van der Waals surface area contributed by atoms with Crippen LogP contribution in [0.4, 0.5) is 5.82 Å². The molecule has 5 rings (SSSR count). The van der Waals surface area contributed by atoms with Gasteiger partial charge in [0.15, 0.2) is 6.04 Å². The second-order valence-corrected chi connectivity index (χ2v) is 7.77. The van der Waals surface area contributed by atoms with E-state index in [-0.39, 0.29) is 11.9 Å². The van der Waals surface area contributed by atoms with Gasteiger partial charge in [0.25, 0.3) is 0 Å². The molecule has 0 saturated heterocycles.